The number of hydrogen-bond acceptors (Lipinski definition) is 2. The third-order valence-electron chi connectivity index (χ3n) is 3.59. The Balaban J connectivity index is 2.51. The number of nitrogens with one attached hydrogen (secondary N) is 1. The van der Waals surface area contributed by atoms with Gasteiger partial charge in [-0.05, 0) is 63.1 Å². The van der Waals surface area contributed by atoms with E-state index in [0.29, 0.717) is 6.04 Å². The van der Waals surface area contributed by atoms with Crippen LogP contribution in [0.2, 0.25) is 5.02 Å². The molecule has 3 heteroatoms. The average Bonchev–Trinajstić information content (AvgIpc) is 2.41. The molecule has 1 aromatic carbocycles. The first-order chi connectivity index (χ1) is 9.52. The van der Waals surface area contributed by atoms with Crippen molar-refractivity contribution in [1.29, 1.82) is 0 Å². The van der Waals surface area contributed by atoms with Crippen molar-refractivity contribution in [3.8, 4) is 0 Å². The zero-order valence-corrected chi connectivity index (χ0v) is 14.1. The van der Waals surface area contributed by atoms with Gasteiger partial charge in [-0.2, -0.15) is 0 Å². The fourth-order valence-corrected chi connectivity index (χ4v) is 2.49. The average molecular weight is 297 g/mol. The molecule has 114 valence electrons. The van der Waals surface area contributed by atoms with Crippen LogP contribution in [0.15, 0.2) is 24.3 Å². The molecule has 0 heterocycles. The number of hydrogen-bond donors (Lipinski definition) is 1. The van der Waals surface area contributed by atoms with E-state index in [1.54, 1.807) is 0 Å². The van der Waals surface area contributed by atoms with E-state index in [0.717, 1.165) is 30.5 Å². The Morgan fingerprint density at radius 1 is 1.20 bits per heavy atom. The van der Waals surface area contributed by atoms with E-state index in [-0.39, 0.29) is 0 Å². The van der Waals surface area contributed by atoms with Gasteiger partial charge in [-0.15, -0.1) is 0 Å². The van der Waals surface area contributed by atoms with E-state index in [1.807, 2.05) is 12.1 Å². The molecule has 0 aliphatic carbocycles. The SMILES string of the molecule is CCNC(CCN(C)CCC(C)C)c1cccc(Cl)c1. The van der Waals surface area contributed by atoms with Crippen molar-refractivity contribution < 1.29 is 0 Å². The summed E-state index contributed by atoms with van der Waals surface area (Å²) in [5.41, 5.74) is 1.29. The fraction of sp³-hybridized carbons (Fsp3) is 0.647. The van der Waals surface area contributed by atoms with Crippen LogP contribution in [0.3, 0.4) is 0 Å². The minimum absolute atomic E-state index is 0.389. The van der Waals surface area contributed by atoms with Crippen molar-refractivity contribution in [2.45, 2.75) is 39.7 Å². The van der Waals surface area contributed by atoms with Crippen LogP contribution in [0.25, 0.3) is 0 Å². The molecule has 1 N–H and O–H groups in total. The quantitative estimate of drug-likeness (QED) is 0.728. The standard InChI is InChI=1S/C17H29ClN2/c1-5-19-17(15-7-6-8-16(18)13-15)10-12-20(4)11-9-14(2)3/h6-8,13-14,17,19H,5,9-12H2,1-4H3. The molecule has 0 spiro atoms. The van der Waals surface area contributed by atoms with Crippen molar-refractivity contribution in [1.82, 2.24) is 10.2 Å². The number of benzene rings is 1. The van der Waals surface area contributed by atoms with Gasteiger partial charge in [0.15, 0.2) is 0 Å². The van der Waals surface area contributed by atoms with E-state index < -0.39 is 0 Å². The Kier molecular flexibility index (Phi) is 8.20. The third kappa shape index (κ3) is 6.74. The lowest BCUT2D eigenvalue weighted by Gasteiger charge is -2.23. The summed E-state index contributed by atoms with van der Waals surface area (Å²) in [4.78, 5) is 2.43. The Hall–Kier alpha value is -0.570. The van der Waals surface area contributed by atoms with E-state index in [1.165, 1.54) is 18.5 Å². The summed E-state index contributed by atoms with van der Waals surface area (Å²) in [6.45, 7) is 9.97. The molecule has 20 heavy (non-hydrogen) atoms. The highest BCUT2D eigenvalue weighted by molar-refractivity contribution is 6.30. The van der Waals surface area contributed by atoms with E-state index in [4.69, 9.17) is 11.6 Å². The molecule has 0 aliphatic heterocycles. The van der Waals surface area contributed by atoms with Crippen molar-refractivity contribution in [3.05, 3.63) is 34.9 Å². The summed E-state index contributed by atoms with van der Waals surface area (Å²) in [5.74, 6) is 0.773. The maximum Gasteiger partial charge on any atom is 0.0409 e. The molecular formula is C17H29ClN2. The first kappa shape index (κ1) is 17.5. The van der Waals surface area contributed by atoms with Gasteiger partial charge in [0, 0.05) is 11.1 Å². The van der Waals surface area contributed by atoms with Crippen molar-refractivity contribution in [2.75, 3.05) is 26.7 Å². The number of rotatable bonds is 9. The Morgan fingerprint density at radius 2 is 1.90 bits per heavy atom. The first-order valence-electron chi connectivity index (χ1n) is 7.70. The van der Waals surface area contributed by atoms with Crippen LogP contribution < -0.4 is 5.32 Å². The van der Waals surface area contributed by atoms with Gasteiger partial charge in [0.1, 0.15) is 0 Å². The minimum atomic E-state index is 0.389. The fourth-order valence-electron chi connectivity index (χ4n) is 2.30. The van der Waals surface area contributed by atoms with E-state index in [9.17, 15) is 0 Å². The second-order valence-electron chi connectivity index (χ2n) is 5.94. The van der Waals surface area contributed by atoms with Crippen LogP contribution in [0.1, 0.15) is 45.2 Å². The van der Waals surface area contributed by atoms with Crippen molar-refractivity contribution in [2.24, 2.45) is 5.92 Å². The Bertz CT molecular complexity index is 379. The molecule has 0 bridgehead atoms. The van der Waals surface area contributed by atoms with Crippen LogP contribution in [-0.4, -0.2) is 31.6 Å². The van der Waals surface area contributed by atoms with Gasteiger partial charge in [0.05, 0.1) is 0 Å². The van der Waals surface area contributed by atoms with Gasteiger partial charge < -0.3 is 10.2 Å². The lowest BCUT2D eigenvalue weighted by atomic mass is 10.0. The highest BCUT2D eigenvalue weighted by Crippen LogP contribution is 2.20. The molecular weight excluding hydrogens is 268 g/mol. The van der Waals surface area contributed by atoms with Crippen LogP contribution in [0, 0.1) is 5.92 Å². The van der Waals surface area contributed by atoms with Crippen LogP contribution in [-0.2, 0) is 0 Å². The van der Waals surface area contributed by atoms with Gasteiger partial charge in [-0.25, -0.2) is 0 Å². The molecule has 1 aromatic rings. The van der Waals surface area contributed by atoms with E-state index in [2.05, 4.69) is 50.2 Å². The second kappa shape index (κ2) is 9.38. The lowest BCUT2D eigenvalue weighted by Crippen LogP contribution is -2.28. The first-order valence-corrected chi connectivity index (χ1v) is 8.08. The predicted octanol–water partition coefficient (Wildman–Crippen LogP) is 4.36. The summed E-state index contributed by atoms with van der Waals surface area (Å²) in [6.07, 6.45) is 2.38. The summed E-state index contributed by atoms with van der Waals surface area (Å²) in [5, 5.41) is 4.38. The van der Waals surface area contributed by atoms with Gasteiger partial charge in [-0.3, -0.25) is 0 Å². The highest BCUT2D eigenvalue weighted by atomic mass is 35.5. The number of halogens is 1. The molecule has 0 radical (unpaired) electrons. The Labute approximate surface area is 129 Å². The monoisotopic (exact) mass is 296 g/mol. The van der Waals surface area contributed by atoms with Gasteiger partial charge in [0.25, 0.3) is 0 Å². The van der Waals surface area contributed by atoms with Crippen LogP contribution >= 0.6 is 11.6 Å². The predicted molar refractivity (Wildman–Crippen MR) is 89.4 cm³/mol. The molecule has 0 aromatic heterocycles. The zero-order chi connectivity index (χ0) is 15.0. The molecule has 1 unspecified atom stereocenters. The summed E-state index contributed by atoms with van der Waals surface area (Å²) in [7, 11) is 2.21. The Morgan fingerprint density at radius 3 is 2.50 bits per heavy atom. The molecule has 0 amide bonds. The van der Waals surface area contributed by atoms with Gasteiger partial charge in [0.2, 0.25) is 0 Å². The molecule has 0 fully saturated rings. The van der Waals surface area contributed by atoms with Gasteiger partial charge >= 0.3 is 0 Å². The molecule has 0 saturated heterocycles. The third-order valence-corrected chi connectivity index (χ3v) is 3.82. The summed E-state index contributed by atoms with van der Waals surface area (Å²) < 4.78 is 0. The smallest absolute Gasteiger partial charge is 0.0409 e. The van der Waals surface area contributed by atoms with Crippen molar-refractivity contribution >= 4 is 11.6 Å². The van der Waals surface area contributed by atoms with E-state index >= 15 is 0 Å². The zero-order valence-electron chi connectivity index (χ0n) is 13.3. The number of nitrogens with zero attached hydrogens (tertiary/aromatic N) is 1. The molecule has 1 rings (SSSR count). The van der Waals surface area contributed by atoms with Crippen molar-refractivity contribution in [3.63, 3.8) is 0 Å². The molecule has 1 atom stereocenters. The topological polar surface area (TPSA) is 15.3 Å². The minimum Gasteiger partial charge on any atom is -0.310 e. The van der Waals surface area contributed by atoms with Gasteiger partial charge in [-0.1, -0.05) is 44.5 Å². The lowest BCUT2D eigenvalue weighted by molar-refractivity contribution is 0.290. The normalized spacial score (nSPS) is 13.2. The molecule has 0 aliphatic rings. The maximum atomic E-state index is 6.10. The second-order valence-corrected chi connectivity index (χ2v) is 6.38. The summed E-state index contributed by atoms with van der Waals surface area (Å²) in [6, 6.07) is 8.59. The van der Waals surface area contributed by atoms with Crippen LogP contribution in [0.4, 0.5) is 0 Å². The largest absolute Gasteiger partial charge is 0.310 e. The maximum absolute atomic E-state index is 6.10. The summed E-state index contributed by atoms with van der Waals surface area (Å²) >= 11 is 6.10. The molecule has 2 nitrogen and oxygen atoms in total. The molecule has 0 saturated carbocycles. The highest BCUT2D eigenvalue weighted by Gasteiger charge is 2.11. The van der Waals surface area contributed by atoms with Crippen LogP contribution in [0.5, 0.6) is 0 Å².